The molecule has 1 unspecified atom stereocenters. The first-order chi connectivity index (χ1) is 11.9. The van der Waals surface area contributed by atoms with Crippen LogP contribution in [-0.4, -0.2) is 63.5 Å². The number of aliphatic imine (C=N–C) groups is 1. The molecular formula is C16H25F3N4O2. The van der Waals surface area contributed by atoms with Gasteiger partial charge in [-0.05, 0) is 19.1 Å². The highest BCUT2D eigenvalue weighted by Crippen LogP contribution is 2.23. The number of nitrogens with one attached hydrogen (secondary N) is 2. The number of nitrogens with zero attached hydrogens (tertiary/aromatic N) is 2. The van der Waals surface area contributed by atoms with Crippen molar-refractivity contribution in [2.24, 2.45) is 4.99 Å². The molecule has 1 aromatic rings. The summed E-state index contributed by atoms with van der Waals surface area (Å²) in [6.45, 7) is 4.97. The molecule has 1 atom stereocenters. The number of hydrogen-bond acceptors (Lipinski definition) is 4. The van der Waals surface area contributed by atoms with E-state index < -0.39 is 12.6 Å². The van der Waals surface area contributed by atoms with Crippen LogP contribution in [0.3, 0.4) is 0 Å². The minimum Gasteiger partial charge on any atom is -0.465 e. The lowest BCUT2D eigenvalue weighted by atomic mass is 10.1. The fraction of sp³-hybridized carbons (Fsp3) is 0.688. The summed E-state index contributed by atoms with van der Waals surface area (Å²) in [7, 11) is 1.53. The van der Waals surface area contributed by atoms with E-state index in [0.29, 0.717) is 25.7 Å². The molecular weight excluding hydrogens is 337 g/mol. The lowest BCUT2D eigenvalue weighted by Gasteiger charge is -2.33. The standard InChI is InChI=1S/C16H25F3N4O2/c1-12-3-4-14(25-12)13(23-7-9-24-10-8-23)11-22-15(20-2)21-6-5-16(17,18)19/h3-4,13H,5-11H2,1-2H3,(H2,20,21,22). The second kappa shape index (κ2) is 9.10. The van der Waals surface area contributed by atoms with Crippen molar-refractivity contribution in [3.8, 4) is 0 Å². The van der Waals surface area contributed by atoms with Crippen LogP contribution in [0.15, 0.2) is 21.5 Å². The monoisotopic (exact) mass is 362 g/mol. The van der Waals surface area contributed by atoms with Crippen LogP contribution in [-0.2, 0) is 4.74 Å². The van der Waals surface area contributed by atoms with Gasteiger partial charge in [0.15, 0.2) is 5.96 Å². The predicted octanol–water partition coefficient (Wildman–Crippen LogP) is 2.08. The number of guanidine groups is 1. The summed E-state index contributed by atoms with van der Waals surface area (Å²) >= 11 is 0. The first-order valence-corrected chi connectivity index (χ1v) is 8.28. The molecule has 1 fully saturated rings. The van der Waals surface area contributed by atoms with E-state index in [1.165, 1.54) is 7.05 Å². The lowest BCUT2D eigenvalue weighted by Crippen LogP contribution is -2.46. The van der Waals surface area contributed by atoms with Crippen molar-refractivity contribution in [1.29, 1.82) is 0 Å². The number of aryl methyl sites for hydroxylation is 1. The predicted molar refractivity (Wildman–Crippen MR) is 88.6 cm³/mol. The summed E-state index contributed by atoms with van der Waals surface area (Å²) in [5, 5.41) is 5.78. The maximum absolute atomic E-state index is 12.3. The molecule has 0 bridgehead atoms. The van der Waals surface area contributed by atoms with Crippen LogP contribution in [0.2, 0.25) is 0 Å². The van der Waals surface area contributed by atoms with Crippen molar-refractivity contribution in [1.82, 2.24) is 15.5 Å². The van der Waals surface area contributed by atoms with E-state index >= 15 is 0 Å². The first-order valence-electron chi connectivity index (χ1n) is 8.28. The number of hydrogen-bond donors (Lipinski definition) is 2. The molecule has 0 amide bonds. The summed E-state index contributed by atoms with van der Waals surface area (Å²) in [5.41, 5.74) is 0. The Morgan fingerprint density at radius 1 is 1.28 bits per heavy atom. The molecule has 0 aliphatic carbocycles. The Hall–Kier alpha value is -1.74. The Labute approximate surface area is 145 Å². The number of halogens is 3. The highest BCUT2D eigenvalue weighted by Gasteiger charge is 2.27. The van der Waals surface area contributed by atoms with E-state index in [1.54, 1.807) is 0 Å². The minimum atomic E-state index is -4.19. The maximum atomic E-state index is 12.3. The lowest BCUT2D eigenvalue weighted by molar-refractivity contribution is -0.132. The molecule has 1 aliphatic heterocycles. The summed E-state index contributed by atoms with van der Waals surface area (Å²) in [6.07, 6.45) is -5.09. The van der Waals surface area contributed by atoms with Crippen LogP contribution < -0.4 is 10.6 Å². The average Bonchev–Trinajstić information content (AvgIpc) is 2.99. The van der Waals surface area contributed by atoms with Crippen molar-refractivity contribution < 1.29 is 22.3 Å². The van der Waals surface area contributed by atoms with Gasteiger partial charge in [0, 0.05) is 33.2 Å². The zero-order chi connectivity index (χ0) is 18.3. The average molecular weight is 362 g/mol. The highest BCUT2D eigenvalue weighted by molar-refractivity contribution is 5.79. The SMILES string of the molecule is CN=C(NCCC(F)(F)F)NCC(c1ccc(C)o1)N1CCOCC1. The summed E-state index contributed by atoms with van der Waals surface area (Å²) in [4.78, 5) is 6.21. The van der Waals surface area contributed by atoms with Gasteiger partial charge in [0.2, 0.25) is 0 Å². The molecule has 0 aromatic carbocycles. The van der Waals surface area contributed by atoms with Gasteiger partial charge in [0.05, 0.1) is 25.7 Å². The minimum absolute atomic E-state index is 0.0428. The third-order valence-electron chi connectivity index (χ3n) is 3.96. The fourth-order valence-electron chi connectivity index (χ4n) is 2.67. The molecule has 0 spiro atoms. The molecule has 6 nitrogen and oxygen atoms in total. The van der Waals surface area contributed by atoms with Gasteiger partial charge in [-0.1, -0.05) is 0 Å². The second-order valence-electron chi connectivity index (χ2n) is 5.86. The zero-order valence-electron chi connectivity index (χ0n) is 14.5. The number of alkyl halides is 3. The van der Waals surface area contributed by atoms with Gasteiger partial charge >= 0.3 is 6.18 Å². The number of furan rings is 1. The Morgan fingerprint density at radius 2 is 2.00 bits per heavy atom. The topological polar surface area (TPSA) is 62.0 Å². The normalized spacial score (nSPS) is 18.2. The van der Waals surface area contributed by atoms with E-state index in [4.69, 9.17) is 9.15 Å². The molecule has 142 valence electrons. The summed E-state index contributed by atoms with van der Waals surface area (Å²) < 4.78 is 47.9. The van der Waals surface area contributed by atoms with Crippen molar-refractivity contribution in [2.45, 2.75) is 25.6 Å². The third kappa shape index (κ3) is 6.58. The zero-order valence-corrected chi connectivity index (χ0v) is 14.5. The highest BCUT2D eigenvalue weighted by atomic mass is 19.4. The number of morpholine rings is 1. The van der Waals surface area contributed by atoms with E-state index in [1.807, 2.05) is 19.1 Å². The van der Waals surface area contributed by atoms with Gasteiger partial charge in [0.1, 0.15) is 11.5 Å². The molecule has 0 radical (unpaired) electrons. The Balaban J connectivity index is 1.93. The van der Waals surface area contributed by atoms with E-state index in [-0.39, 0.29) is 12.6 Å². The van der Waals surface area contributed by atoms with Crippen molar-refractivity contribution in [3.05, 3.63) is 23.7 Å². The van der Waals surface area contributed by atoms with Crippen LogP contribution in [0, 0.1) is 6.92 Å². The van der Waals surface area contributed by atoms with E-state index in [2.05, 4.69) is 20.5 Å². The van der Waals surface area contributed by atoms with E-state index in [0.717, 1.165) is 24.6 Å². The van der Waals surface area contributed by atoms with Crippen molar-refractivity contribution in [2.75, 3.05) is 46.4 Å². The molecule has 1 aromatic heterocycles. The van der Waals surface area contributed by atoms with Gasteiger partial charge in [-0.3, -0.25) is 9.89 Å². The van der Waals surface area contributed by atoms with Crippen LogP contribution >= 0.6 is 0 Å². The van der Waals surface area contributed by atoms with Gasteiger partial charge in [-0.2, -0.15) is 13.2 Å². The smallest absolute Gasteiger partial charge is 0.390 e. The molecule has 1 aliphatic rings. The quantitative estimate of drug-likeness (QED) is 0.599. The Morgan fingerprint density at radius 3 is 2.56 bits per heavy atom. The van der Waals surface area contributed by atoms with Crippen molar-refractivity contribution in [3.63, 3.8) is 0 Å². The van der Waals surface area contributed by atoms with E-state index in [9.17, 15) is 13.2 Å². The van der Waals surface area contributed by atoms with Gasteiger partial charge in [-0.25, -0.2) is 0 Å². The van der Waals surface area contributed by atoms with Crippen LogP contribution in [0.5, 0.6) is 0 Å². The molecule has 2 N–H and O–H groups in total. The number of ether oxygens (including phenoxy) is 1. The molecule has 25 heavy (non-hydrogen) atoms. The van der Waals surface area contributed by atoms with Gasteiger partial charge < -0.3 is 19.8 Å². The van der Waals surface area contributed by atoms with Gasteiger partial charge in [0.25, 0.3) is 0 Å². The van der Waals surface area contributed by atoms with Crippen LogP contribution in [0.4, 0.5) is 13.2 Å². The summed E-state index contributed by atoms with van der Waals surface area (Å²) in [6, 6.07) is 3.79. The molecule has 0 saturated carbocycles. The molecule has 2 heterocycles. The largest absolute Gasteiger partial charge is 0.465 e. The molecule has 1 saturated heterocycles. The van der Waals surface area contributed by atoms with Crippen LogP contribution in [0.25, 0.3) is 0 Å². The molecule has 2 rings (SSSR count). The third-order valence-corrected chi connectivity index (χ3v) is 3.96. The first kappa shape index (κ1) is 19.6. The Kier molecular flexibility index (Phi) is 7.12. The fourth-order valence-corrected chi connectivity index (χ4v) is 2.67. The summed E-state index contributed by atoms with van der Waals surface area (Å²) in [5.74, 6) is 1.98. The number of rotatable bonds is 6. The van der Waals surface area contributed by atoms with Gasteiger partial charge in [-0.15, -0.1) is 0 Å². The second-order valence-corrected chi connectivity index (χ2v) is 5.86. The van der Waals surface area contributed by atoms with Crippen LogP contribution in [0.1, 0.15) is 24.0 Å². The van der Waals surface area contributed by atoms with Crippen molar-refractivity contribution >= 4 is 5.96 Å². The Bertz CT molecular complexity index is 554. The maximum Gasteiger partial charge on any atom is 0.390 e. The molecule has 9 heteroatoms.